The summed E-state index contributed by atoms with van der Waals surface area (Å²) in [5, 5.41) is 13.8. The van der Waals surface area contributed by atoms with Crippen LogP contribution in [0.15, 0.2) is 24.3 Å². The fourth-order valence-corrected chi connectivity index (χ4v) is 2.81. The zero-order valence-electron chi connectivity index (χ0n) is 12.3. The van der Waals surface area contributed by atoms with Gasteiger partial charge in [0.15, 0.2) is 0 Å². The van der Waals surface area contributed by atoms with Gasteiger partial charge in [-0.1, -0.05) is 31.4 Å². The van der Waals surface area contributed by atoms with Gasteiger partial charge >= 0.3 is 6.61 Å². The van der Waals surface area contributed by atoms with Crippen molar-refractivity contribution in [2.75, 3.05) is 6.54 Å². The van der Waals surface area contributed by atoms with Gasteiger partial charge in [0.05, 0.1) is 5.60 Å². The van der Waals surface area contributed by atoms with E-state index < -0.39 is 12.2 Å². The van der Waals surface area contributed by atoms with Crippen molar-refractivity contribution >= 4 is 0 Å². The van der Waals surface area contributed by atoms with Gasteiger partial charge in [0.2, 0.25) is 0 Å². The lowest BCUT2D eigenvalue weighted by Crippen LogP contribution is -2.42. The van der Waals surface area contributed by atoms with E-state index in [9.17, 15) is 13.9 Å². The molecule has 1 aliphatic rings. The zero-order chi connectivity index (χ0) is 15.3. The van der Waals surface area contributed by atoms with E-state index in [0.717, 1.165) is 31.2 Å². The van der Waals surface area contributed by atoms with Gasteiger partial charge in [-0.3, -0.25) is 0 Å². The first-order valence-corrected chi connectivity index (χ1v) is 7.49. The van der Waals surface area contributed by atoms with Crippen LogP contribution >= 0.6 is 0 Å². The Morgan fingerprint density at radius 3 is 2.67 bits per heavy atom. The van der Waals surface area contributed by atoms with E-state index in [-0.39, 0.29) is 11.8 Å². The van der Waals surface area contributed by atoms with Crippen molar-refractivity contribution in [3.05, 3.63) is 29.8 Å². The highest BCUT2D eigenvalue weighted by molar-refractivity contribution is 5.30. The SMILES string of the molecule is CC(NCC1(O)CCCCC1)c1cccc(OC(F)F)c1. The summed E-state index contributed by atoms with van der Waals surface area (Å²) < 4.78 is 28.9. The van der Waals surface area contributed by atoms with Crippen molar-refractivity contribution in [1.82, 2.24) is 5.32 Å². The monoisotopic (exact) mass is 299 g/mol. The van der Waals surface area contributed by atoms with E-state index in [1.54, 1.807) is 12.1 Å². The normalized spacial score (nSPS) is 19.5. The molecule has 0 bridgehead atoms. The maximum Gasteiger partial charge on any atom is 0.387 e. The molecule has 2 N–H and O–H groups in total. The molecule has 1 atom stereocenters. The third kappa shape index (κ3) is 4.93. The van der Waals surface area contributed by atoms with Gasteiger partial charge in [-0.15, -0.1) is 0 Å². The predicted molar refractivity (Wildman–Crippen MR) is 77.5 cm³/mol. The summed E-state index contributed by atoms with van der Waals surface area (Å²) in [5.74, 6) is 0.160. The van der Waals surface area contributed by atoms with Crippen LogP contribution in [-0.4, -0.2) is 23.9 Å². The number of rotatable bonds is 6. The van der Waals surface area contributed by atoms with Crippen LogP contribution < -0.4 is 10.1 Å². The summed E-state index contributed by atoms with van der Waals surface area (Å²) in [6, 6.07) is 6.64. The average Bonchev–Trinajstić information content (AvgIpc) is 2.45. The summed E-state index contributed by atoms with van der Waals surface area (Å²) >= 11 is 0. The lowest BCUT2D eigenvalue weighted by molar-refractivity contribution is -0.0499. The predicted octanol–water partition coefficient (Wildman–Crippen LogP) is 3.63. The Morgan fingerprint density at radius 2 is 2.00 bits per heavy atom. The van der Waals surface area contributed by atoms with Gasteiger partial charge in [0, 0.05) is 12.6 Å². The number of hydrogen-bond donors (Lipinski definition) is 2. The molecule has 0 aromatic heterocycles. The first-order valence-electron chi connectivity index (χ1n) is 7.49. The molecule has 1 fully saturated rings. The van der Waals surface area contributed by atoms with Gasteiger partial charge in [-0.05, 0) is 37.5 Å². The molecule has 2 rings (SSSR count). The molecule has 1 aromatic rings. The molecule has 5 heteroatoms. The number of nitrogens with one attached hydrogen (secondary N) is 1. The summed E-state index contributed by atoms with van der Waals surface area (Å²) in [4.78, 5) is 0. The Hall–Kier alpha value is -1.20. The number of ether oxygens (including phenoxy) is 1. The van der Waals surface area contributed by atoms with Crippen molar-refractivity contribution < 1.29 is 18.6 Å². The summed E-state index contributed by atoms with van der Waals surface area (Å²) in [7, 11) is 0. The first kappa shape index (κ1) is 16.2. The molecule has 1 aliphatic carbocycles. The fraction of sp³-hybridized carbons (Fsp3) is 0.625. The van der Waals surface area contributed by atoms with Crippen molar-refractivity contribution in [1.29, 1.82) is 0 Å². The summed E-state index contributed by atoms with van der Waals surface area (Å²) in [5.41, 5.74) is 0.233. The van der Waals surface area contributed by atoms with Crippen molar-refractivity contribution in [2.45, 2.75) is 57.3 Å². The van der Waals surface area contributed by atoms with Crippen LogP contribution in [0.5, 0.6) is 5.75 Å². The van der Waals surface area contributed by atoms with Crippen LogP contribution in [0.2, 0.25) is 0 Å². The largest absolute Gasteiger partial charge is 0.435 e. The standard InChI is InChI=1S/C16H23F2NO2/c1-12(19-11-16(20)8-3-2-4-9-16)13-6-5-7-14(10-13)21-15(17)18/h5-7,10,12,15,19-20H,2-4,8-9,11H2,1H3. The van der Waals surface area contributed by atoms with Crippen LogP contribution in [0.25, 0.3) is 0 Å². The highest BCUT2D eigenvalue weighted by atomic mass is 19.3. The van der Waals surface area contributed by atoms with Gasteiger partial charge in [0.25, 0.3) is 0 Å². The van der Waals surface area contributed by atoms with Gasteiger partial charge in [0.1, 0.15) is 5.75 Å². The first-order chi connectivity index (χ1) is 9.98. The number of halogens is 2. The molecule has 0 heterocycles. The quantitative estimate of drug-likeness (QED) is 0.842. The van der Waals surface area contributed by atoms with Gasteiger partial charge < -0.3 is 15.2 Å². The van der Waals surface area contributed by atoms with E-state index in [1.807, 2.05) is 13.0 Å². The molecule has 0 amide bonds. The Bertz CT molecular complexity index is 448. The second-order valence-electron chi connectivity index (χ2n) is 5.84. The van der Waals surface area contributed by atoms with Gasteiger partial charge in [-0.25, -0.2) is 0 Å². The molecule has 118 valence electrons. The average molecular weight is 299 g/mol. The Morgan fingerprint density at radius 1 is 1.29 bits per heavy atom. The van der Waals surface area contributed by atoms with E-state index in [0.29, 0.717) is 6.54 Å². The number of alkyl halides is 2. The van der Waals surface area contributed by atoms with Gasteiger partial charge in [-0.2, -0.15) is 8.78 Å². The fourth-order valence-electron chi connectivity index (χ4n) is 2.81. The number of aliphatic hydroxyl groups is 1. The van der Waals surface area contributed by atoms with Crippen molar-refractivity contribution in [3.63, 3.8) is 0 Å². The minimum absolute atomic E-state index is 0.0304. The third-order valence-corrected chi connectivity index (χ3v) is 4.10. The third-order valence-electron chi connectivity index (χ3n) is 4.10. The molecule has 0 spiro atoms. The van der Waals surface area contributed by atoms with E-state index in [1.165, 1.54) is 12.5 Å². The van der Waals surface area contributed by atoms with E-state index in [4.69, 9.17) is 0 Å². The molecule has 21 heavy (non-hydrogen) atoms. The Labute approximate surface area is 124 Å². The molecule has 0 radical (unpaired) electrons. The van der Waals surface area contributed by atoms with Crippen LogP contribution in [0.1, 0.15) is 50.6 Å². The molecular weight excluding hydrogens is 276 g/mol. The summed E-state index contributed by atoms with van der Waals surface area (Å²) in [6.07, 6.45) is 4.95. The second-order valence-corrected chi connectivity index (χ2v) is 5.84. The molecule has 1 aromatic carbocycles. The maximum atomic E-state index is 12.2. The second kappa shape index (κ2) is 7.18. The van der Waals surface area contributed by atoms with Crippen LogP contribution in [0, 0.1) is 0 Å². The lowest BCUT2D eigenvalue weighted by atomic mass is 9.84. The summed E-state index contributed by atoms with van der Waals surface area (Å²) in [6.45, 7) is -0.339. The topological polar surface area (TPSA) is 41.5 Å². The molecule has 3 nitrogen and oxygen atoms in total. The smallest absolute Gasteiger partial charge is 0.387 e. The highest BCUT2D eigenvalue weighted by Gasteiger charge is 2.29. The zero-order valence-corrected chi connectivity index (χ0v) is 12.3. The van der Waals surface area contributed by atoms with Crippen molar-refractivity contribution in [2.24, 2.45) is 0 Å². The number of hydrogen-bond acceptors (Lipinski definition) is 3. The molecule has 0 aliphatic heterocycles. The van der Waals surface area contributed by atoms with E-state index in [2.05, 4.69) is 10.1 Å². The van der Waals surface area contributed by atoms with Crippen molar-refractivity contribution in [3.8, 4) is 5.75 Å². The molecule has 0 saturated heterocycles. The molecule has 1 unspecified atom stereocenters. The maximum absolute atomic E-state index is 12.2. The minimum Gasteiger partial charge on any atom is -0.435 e. The van der Waals surface area contributed by atoms with Crippen LogP contribution in [0.3, 0.4) is 0 Å². The molecule has 1 saturated carbocycles. The Kier molecular flexibility index (Phi) is 5.53. The van der Waals surface area contributed by atoms with E-state index >= 15 is 0 Å². The van der Waals surface area contributed by atoms with Crippen LogP contribution in [-0.2, 0) is 0 Å². The molecular formula is C16H23F2NO2. The number of benzene rings is 1. The minimum atomic E-state index is -2.81. The highest BCUT2D eigenvalue weighted by Crippen LogP contribution is 2.28. The Balaban J connectivity index is 1.91. The van der Waals surface area contributed by atoms with Crippen LogP contribution in [0.4, 0.5) is 8.78 Å². The lowest BCUT2D eigenvalue weighted by Gasteiger charge is -2.33.